The molecule has 0 amide bonds. The van der Waals surface area contributed by atoms with Crippen LogP contribution in [0.5, 0.6) is 23.3 Å². The smallest absolute Gasteiger partial charge is 0.215 e. The number of benzene rings is 4. The van der Waals surface area contributed by atoms with E-state index < -0.39 is 0 Å². The number of hydrogen-bond acceptors (Lipinski definition) is 4. The van der Waals surface area contributed by atoms with Crippen molar-refractivity contribution in [3.8, 4) is 46.5 Å². The molecule has 0 spiro atoms. The molecule has 0 unspecified atom stereocenters. The second kappa shape index (κ2) is 21.0. The predicted molar refractivity (Wildman–Crippen MR) is 241 cm³/mol. The van der Waals surface area contributed by atoms with Crippen molar-refractivity contribution < 1.29 is 51.6 Å². The normalized spacial score (nSPS) is 10.8. The molecule has 0 aliphatic rings. The molecule has 0 atom stereocenters. The number of nitrogens with zero attached hydrogens (tertiary/aromatic N) is 4. The molecular formula is C54H48N4O2Pt2-6. The molecule has 0 aliphatic carbocycles. The number of aromatic nitrogens is 4. The molecule has 8 heteroatoms. The van der Waals surface area contributed by atoms with Gasteiger partial charge in [0.1, 0.15) is 0 Å². The zero-order valence-electron chi connectivity index (χ0n) is 36.6. The van der Waals surface area contributed by atoms with Gasteiger partial charge in [0, 0.05) is 111 Å². The van der Waals surface area contributed by atoms with E-state index in [0.29, 0.717) is 34.4 Å². The summed E-state index contributed by atoms with van der Waals surface area (Å²) in [5.41, 5.74) is 7.36. The zero-order chi connectivity index (χ0) is 43.2. The van der Waals surface area contributed by atoms with Crippen LogP contribution in [-0.2, 0) is 53.0 Å². The van der Waals surface area contributed by atoms with E-state index in [9.17, 15) is 0 Å². The minimum absolute atomic E-state index is 0. The molecule has 322 valence electrons. The maximum absolute atomic E-state index is 7.17. The molecule has 4 aromatic carbocycles. The van der Waals surface area contributed by atoms with Gasteiger partial charge < -0.3 is 66.8 Å². The standard InChI is InChI=1S/C30H28N2O2.2C12H10N.2Pt/c1-29(2,3)23-15-13-21(19-25(23)33-27-11-7-9-17-31-27)22-14-16-24(30(4,5)6)26(20-22)34-28-12-8-10-18-32-28;2*1-4-13-9(2)11-7-5-6-8-12(11)10(13)3;;/h7-12,15-18H,1-6H3;2*5-8H,2-3H3;;/q-4;2*-1;;. The Kier molecular flexibility index (Phi) is 16.6. The van der Waals surface area contributed by atoms with E-state index in [4.69, 9.17) is 22.3 Å². The maximum atomic E-state index is 7.17. The molecule has 4 aromatic heterocycles. The van der Waals surface area contributed by atoms with Gasteiger partial charge in [-0.2, -0.15) is 11.1 Å². The summed E-state index contributed by atoms with van der Waals surface area (Å²) in [6.45, 7) is 20.8. The summed E-state index contributed by atoms with van der Waals surface area (Å²) >= 11 is 0. The van der Waals surface area contributed by atoms with Crippen LogP contribution in [0.25, 0.3) is 32.7 Å². The summed E-state index contributed by atoms with van der Waals surface area (Å²) in [7, 11) is 0. The third-order valence-electron chi connectivity index (χ3n) is 10.2. The summed E-state index contributed by atoms with van der Waals surface area (Å²) in [4.78, 5) is 8.61. The van der Waals surface area contributed by atoms with Crippen LogP contribution in [0.1, 0.15) is 75.4 Å². The molecule has 8 rings (SSSR count). The second-order valence-corrected chi connectivity index (χ2v) is 16.4. The molecule has 0 N–H and O–H groups in total. The fourth-order valence-electron chi connectivity index (χ4n) is 6.97. The summed E-state index contributed by atoms with van der Waals surface area (Å²) in [6.07, 6.45) is 17.8. The molecule has 62 heavy (non-hydrogen) atoms. The third kappa shape index (κ3) is 11.0. The first-order valence-corrected chi connectivity index (χ1v) is 19.8. The van der Waals surface area contributed by atoms with Gasteiger partial charge in [-0.05, 0) is 39.8 Å². The van der Waals surface area contributed by atoms with Crippen LogP contribution in [0.3, 0.4) is 0 Å². The summed E-state index contributed by atoms with van der Waals surface area (Å²) in [5.74, 6) is 2.23. The van der Waals surface area contributed by atoms with Crippen molar-refractivity contribution in [3.63, 3.8) is 0 Å². The van der Waals surface area contributed by atoms with Crippen molar-refractivity contribution in [2.45, 2.75) is 80.1 Å². The average molecular weight is 1180 g/mol. The molecule has 0 fully saturated rings. The SMILES string of the molecule is CC(C)(C)c1c[c-]c(-c2[c-]cc(C(C)(C)C)c(Oc3ccccn3)[c-]2)[c-]c1Oc1ccccn1.[C-]#Cn1c(C)c2ccccc2c1C.[C-]#Cn1c(C)c2ccccc2c1C.[Pt].[Pt]. The van der Waals surface area contributed by atoms with Gasteiger partial charge in [-0.15, -0.1) is 0 Å². The Morgan fingerprint density at radius 1 is 0.500 bits per heavy atom. The Morgan fingerprint density at radius 2 is 0.806 bits per heavy atom. The average Bonchev–Trinajstić information content (AvgIpc) is 3.64. The molecule has 8 aromatic rings. The van der Waals surface area contributed by atoms with Gasteiger partial charge in [-0.25, -0.2) is 34.2 Å². The maximum Gasteiger partial charge on any atom is 0.215 e. The fourth-order valence-corrected chi connectivity index (χ4v) is 6.97. The Hall–Kier alpha value is -5.64. The van der Waals surface area contributed by atoms with Gasteiger partial charge >= 0.3 is 0 Å². The van der Waals surface area contributed by atoms with Crippen LogP contribution in [0.2, 0.25) is 0 Å². The van der Waals surface area contributed by atoms with Crippen LogP contribution in [0.15, 0.2) is 109 Å². The first-order chi connectivity index (χ1) is 28.6. The number of fused-ring (bicyclic) bond motifs is 2. The quantitative estimate of drug-likeness (QED) is 0.127. The number of rotatable bonds is 5. The van der Waals surface area contributed by atoms with Crippen molar-refractivity contribution in [3.05, 3.63) is 180 Å². The zero-order valence-corrected chi connectivity index (χ0v) is 41.2. The number of aryl methyl sites for hydroxylation is 4. The predicted octanol–water partition coefficient (Wildman–Crippen LogP) is 12.8. The number of pyridine rings is 2. The molecular weight excluding hydrogens is 1130 g/mol. The van der Waals surface area contributed by atoms with Crippen LogP contribution < -0.4 is 9.47 Å². The van der Waals surface area contributed by atoms with Crippen molar-refractivity contribution in [2.75, 3.05) is 0 Å². The second-order valence-electron chi connectivity index (χ2n) is 16.4. The summed E-state index contributed by atoms with van der Waals surface area (Å²) in [5, 5.41) is 4.83. The Morgan fingerprint density at radius 3 is 1.06 bits per heavy atom. The number of ether oxygens (including phenoxy) is 2. The van der Waals surface area contributed by atoms with E-state index in [1.165, 1.54) is 21.5 Å². The van der Waals surface area contributed by atoms with Crippen LogP contribution in [0.4, 0.5) is 0 Å². The van der Waals surface area contributed by atoms with Crippen molar-refractivity contribution in [2.24, 2.45) is 0 Å². The molecule has 0 radical (unpaired) electrons. The van der Waals surface area contributed by atoms with E-state index in [1.807, 2.05) is 100 Å². The van der Waals surface area contributed by atoms with Crippen LogP contribution in [0, 0.1) is 76.9 Å². The van der Waals surface area contributed by atoms with Crippen LogP contribution >= 0.6 is 0 Å². The van der Waals surface area contributed by atoms with E-state index in [2.05, 4.69) is 112 Å². The third-order valence-corrected chi connectivity index (χ3v) is 10.2. The minimum Gasteiger partial charge on any atom is -0.669 e. The summed E-state index contributed by atoms with van der Waals surface area (Å²) < 4.78 is 15.9. The molecule has 0 aliphatic heterocycles. The van der Waals surface area contributed by atoms with Crippen molar-refractivity contribution in [1.82, 2.24) is 19.1 Å². The van der Waals surface area contributed by atoms with E-state index >= 15 is 0 Å². The van der Waals surface area contributed by atoms with E-state index in [0.717, 1.165) is 33.9 Å². The van der Waals surface area contributed by atoms with Gasteiger partial charge in [0.05, 0.1) is 0 Å². The molecule has 0 bridgehead atoms. The van der Waals surface area contributed by atoms with Gasteiger partial charge in [-0.1, -0.05) is 125 Å². The molecule has 6 nitrogen and oxygen atoms in total. The first-order valence-electron chi connectivity index (χ1n) is 19.8. The molecule has 4 heterocycles. The number of hydrogen-bond donors (Lipinski definition) is 0. The van der Waals surface area contributed by atoms with E-state index in [-0.39, 0.29) is 53.0 Å². The van der Waals surface area contributed by atoms with Gasteiger partial charge in [0.2, 0.25) is 11.8 Å². The van der Waals surface area contributed by atoms with Crippen molar-refractivity contribution in [1.29, 1.82) is 0 Å². The van der Waals surface area contributed by atoms with Crippen LogP contribution in [-0.4, -0.2) is 19.1 Å². The van der Waals surface area contributed by atoms with Gasteiger partial charge in [0.15, 0.2) is 0 Å². The first kappa shape index (κ1) is 49.0. The minimum atomic E-state index is -0.160. The Bertz CT molecular complexity index is 2580. The Balaban J connectivity index is 0.000000246. The molecule has 0 saturated heterocycles. The van der Waals surface area contributed by atoms with Crippen molar-refractivity contribution >= 4 is 21.5 Å². The topological polar surface area (TPSA) is 54.1 Å². The fraction of sp³-hybridized carbons (Fsp3) is 0.222. The molecule has 0 saturated carbocycles. The van der Waals surface area contributed by atoms with Gasteiger partial charge in [-0.3, -0.25) is 0 Å². The van der Waals surface area contributed by atoms with Gasteiger partial charge in [0.25, 0.3) is 0 Å². The largest absolute Gasteiger partial charge is 0.669 e. The monoisotopic (exact) mass is 1170 g/mol. The van der Waals surface area contributed by atoms with E-state index in [1.54, 1.807) is 21.5 Å². The summed E-state index contributed by atoms with van der Waals surface area (Å²) in [6, 6.07) is 49.7. The Labute approximate surface area is 396 Å².